The average Bonchev–Trinajstić information content (AvgIpc) is 2.51. The van der Waals surface area contributed by atoms with Gasteiger partial charge in [-0.25, -0.2) is 26.3 Å². The van der Waals surface area contributed by atoms with Crippen molar-refractivity contribution in [3.63, 3.8) is 0 Å². The first-order valence-electron chi connectivity index (χ1n) is 6.72. The van der Waals surface area contributed by atoms with Gasteiger partial charge in [0.15, 0.2) is 18.5 Å². The van der Waals surface area contributed by atoms with Crippen molar-refractivity contribution in [2.24, 2.45) is 0 Å². The smallest absolute Gasteiger partial charge is 0.378 e. The molecule has 0 aliphatic carbocycles. The Morgan fingerprint density at radius 2 is 1.15 bits per heavy atom. The van der Waals surface area contributed by atoms with Gasteiger partial charge in [0.1, 0.15) is 6.04 Å². The van der Waals surface area contributed by atoms with Gasteiger partial charge < -0.3 is 5.11 Å². The van der Waals surface area contributed by atoms with Crippen LogP contribution in [0.3, 0.4) is 0 Å². The zero-order valence-corrected chi connectivity index (χ0v) is 13.3. The minimum absolute atomic E-state index is 0.0917. The molecule has 162 valence electrons. The monoisotopic (exact) mass is 431 g/mol. The van der Waals surface area contributed by atoms with Gasteiger partial charge in [-0.15, -0.1) is 0 Å². The van der Waals surface area contributed by atoms with Crippen molar-refractivity contribution < 1.29 is 62.6 Å². The third-order valence-electron chi connectivity index (χ3n) is 3.44. The minimum Gasteiger partial charge on any atom is -0.480 e. The summed E-state index contributed by atoms with van der Waals surface area (Å²) in [4.78, 5) is 10.8. The van der Waals surface area contributed by atoms with E-state index in [1.165, 1.54) is 0 Å². The molecule has 0 aliphatic heterocycles. The van der Waals surface area contributed by atoms with Crippen LogP contribution in [0.25, 0.3) is 0 Å². The van der Waals surface area contributed by atoms with Crippen LogP contribution in [0.1, 0.15) is 0 Å². The van der Waals surface area contributed by atoms with Crippen LogP contribution in [0.4, 0.5) is 52.7 Å². The Morgan fingerprint density at radius 1 is 0.778 bits per heavy atom. The fourth-order valence-corrected chi connectivity index (χ4v) is 1.88. The maximum absolute atomic E-state index is 13.7. The van der Waals surface area contributed by atoms with E-state index < -0.39 is 60.9 Å². The molecule has 0 bridgehead atoms. The first-order chi connectivity index (χ1) is 11.9. The van der Waals surface area contributed by atoms with Crippen molar-refractivity contribution in [1.29, 1.82) is 0 Å². The number of likely N-dealkylation sites (N-methyl/N-ethyl adjacent to an activating group) is 1. The summed E-state index contributed by atoms with van der Waals surface area (Å²) in [7, 11) is 1.20. The van der Waals surface area contributed by atoms with E-state index in [1.54, 1.807) is 0 Å². The molecule has 27 heavy (non-hydrogen) atoms. The van der Waals surface area contributed by atoms with Crippen molar-refractivity contribution in [1.82, 2.24) is 4.90 Å². The highest BCUT2D eigenvalue weighted by Crippen LogP contribution is 2.52. The molecule has 0 radical (unpaired) electrons. The van der Waals surface area contributed by atoms with E-state index in [4.69, 9.17) is 5.11 Å². The molecule has 0 aliphatic rings. The van der Waals surface area contributed by atoms with Crippen LogP contribution in [0.2, 0.25) is 0 Å². The van der Waals surface area contributed by atoms with Gasteiger partial charge in [-0.05, 0) is 14.1 Å². The van der Waals surface area contributed by atoms with Crippen LogP contribution in [0.5, 0.6) is 0 Å². The summed E-state index contributed by atoms with van der Waals surface area (Å²) < 4.78 is 157. The Labute approximate surface area is 143 Å². The number of carbonyl (C=O) groups is 1. The van der Waals surface area contributed by atoms with Crippen LogP contribution in [0.15, 0.2) is 0 Å². The molecule has 1 N–H and O–H groups in total. The zero-order chi connectivity index (χ0) is 22.1. The summed E-state index contributed by atoms with van der Waals surface area (Å²) >= 11 is 0. The van der Waals surface area contributed by atoms with Crippen LogP contribution < -0.4 is 0 Å². The second-order valence-corrected chi connectivity index (χ2v) is 5.59. The molecule has 0 fully saturated rings. The SMILES string of the molecule is CN(C)C(C(=O)O)C(F)C(F)(F)C(F)(F)C(F)(F)C(F)C(F)C(F)C(F)F. The second-order valence-electron chi connectivity index (χ2n) is 5.59. The van der Waals surface area contributed by atoms with Crippen LogP contribution >= 0.6 is 0 Å². The zero-order valence-electron chi connectivity index (χ0n) is 13.3. The molecule has 0 aromatic rings. The normalized spacial score (nSPS) is 19.7. The summed E-state index contributed by atoms with van der Waals surface area (Å²) in [6.45, 7) is 0. The number of carboxylic acids is 1. The quantitative estimate of drug-likeness (QED) is 0.539. The number of carboxylic acid groups (broad SMARTS) is 1. The first kappa shape index (κ1) is 25.6. The fraction of sp³-hybridized carbons (Fsp3) is 0.917. The molecule has 15 heteroatoms. The summed E-state index contributed by atoms with van der Waals surface area (Å²) in [5.41, 5.74) is 0. The average molecular weight is 431 g/mol. The molecule has 0 aromatic carbocycles. The van der Waals surface area contributed by atoms with Crippen molar-refractivity contribution in [2.75, 3.05) is 14.1 Å². The van der Waals surface area contributed by atoms with Crippen LogP contribution in [-0.4, -0.2) is 85.0 Å². The Kier molecular flexibility index (Phi) is 7.87. The van der Waals surface area contributed by atoms with Crippen molar-refractivity contribution in [2.45, 2.75) is 54.9 Å². The third kappa shape index (κ3) is 4.54. The van der Waals surface area contributed by atoms with E-state index in [1.807, 2.05) is 0 Å². The number of halogens is 12. The third-order valence-corrected chi connectivity index (χ3v) is 3.44. The first-order valence-corrected chi connectivity index (χ1v) is 6.72. The van der Waals surface area contributed by atoms with Gasteiger partial charge in [0, 0.05) is 0 Å². The predicted molar refractivity (Wildman–Crippen MR) is 65.5 cm³/mol. The van der Waals surface area contributed by atoms with Crippen molar-refractivity contribution >= 4 is 5.97 Å². The van der Waals surface area contributed by atoms with Crippen molar-refractivity contribution in [3.05, 3.63) is 0 Å². The van der Waals surface area contributed by atoms with Crippen LogP contribution in [0, 0.1) is 0 Å². The molecule has 0 heterocycles. The number of hydrogen-bond donors (Lipinski definition) is 1. The Bertz CT molecular complexity index is 515. The summed E-state index contributed by atoms with van der Waals surface area (Å²) in [5, 5.41) is 8.56. The van der Waals surface area contributed by atoms with E-state index in [-0.39, 0.29) is 4.90 Å². The highest BCUT2D eigenvalue weighted by Gasteiger charge is 2.79. The van der Waals surface area contributed by atoms with Crippen LogP contribution in [-0.2, 0) is 4.79 Å². The number of nitrogens with zero attached hydrogens (tertiary/aromatic N) is 1. The molecule has 0 saturated carbocycles. The van der Waals surface area contributed by atoms with Gasteiger partial charge in [0.05, 0.1) is 0 Å². The topological polar surface area (TPSA) is 40.5 Å². The summed E-state index contributed by atoms with van der Waals surface area (Å²) in [6.07, 6.45) is -23.3. The molecule has 0 saturated heterocycles. The lowest BCUT2D eigenvalue weighted by molar-refractivity contribution is -0.346. The molecule has 0 spiro atoms. The maximum atomic E-state index is 13.7. The largest absolute Gasteiger partial charge is 0.480 e. The van der Waals surface area contributed by atoms with Gasteiger partial charge in [0.25, 0.3) is 6.43 Å². The molecule has 3 nitrogen and oxygen atoms in total. The van der Waals surface area contributed by atoms with Gasteiger partial charge in [-0.1, -0.05) is 0 Å². The van der Waals surface area contributed by atoms with Gasteiger partial charge >= 0.3 is 23.7 Å². The Hall–Kier alpha value is -1.41. The van der Waals surface area contributed by atoms with E-state index in [0.29, 0.717) is 14.1 Å². The van der Waals surface area contributed by atoms with E-state index >= 15 is 0 Å². The molecule has 0 rings (SSSR count). The molecular weight excluding hydrogens is 418 g/mol. The Morgan fingerprint density at radius 3 is 1.44 bits per heavy atom. The molecule has 0 aromatic heterocycles. The van der Waals surface area contributed by atoms with E-state index in [9.17, 15) is 57.5 Å². The highest BCUT2D eigenvalue weighted by atomic mass is 19.4. The van der Waals surface area contributed by atoms with E-state index in [0.717, 1.165) is 0 Å². The van der Waals surface area contributed by atoms with E-state index in [2.05, 4.69) is 0 Å². The van der Waals surface area contributed by atoms with Crippen molar-refractivity contribution in [3.8, 4) is 0 Å². The van der Waals surface area contributed by atoms with Gasteiger partial charge in [0.2, 0.25) is 6.17 Å². The lowest BCUT2D eigenvalue weighted by Crippen LogP contribution is -2.67. The second kappa shape index (κ2) is 8.31. The number of rotatable bonds is 10. The molecule has 5 unspecified atom stereocenters. The Balaban J connectivity index is 6.00. The van der Waals surface area contributed by atoms with Gasteiger partial charge in [-0.2, -0.15) is 26.3 Å². The fourth-order valence-electron chi connectivity index (χ4n) is 1.88. The predicted octanol–water partition coefficient (Wildman–Crippen LogP) is 3.52. The van der Waals surface area contributed by atoms with Gasteiger partial charge in [-0.3, -0.25) is 9.69 Å². The lowest BCUT2D eigenvalue weighted by atomic mass is 9.91. The summed E-state index contributed by atoms with van der Waals surface area (Å²) in [6, 6.07) is -3.13. The summed E-state index contributed by atoms with van der Waals surface area (Å²) in [5.74, 6) is -23.1. The minimum atomic E-state index is -7.12. The molecular formula is C12H13F12NO2. The highest BCUT2D eigenvalue weighted by molar-refractivity contribution is 5.74. The number of alkyl halides is 12. The maximum Gasteiger partial charge on any atom is 0.378 e. The molecule has 5 atom stereocenters. The lowest BCUT2D eigenvalue weighted by Gasteiger charge is -2.38. The number of aliphatic carboxylic acids is 1. The number of hydrogen-bond acceptors (Lipinski definition) is 2. The standard InChI is InChI=1S/C12H13F12NO2/c1-25(2)5(9(26)27)7(16)11(21,22)12(23,24)10(19,20)6(15)3(13)4(14)8(17)18/h3-8H,1-2H3,(H,26,27). The molecule has 0 amide bonds.